The molecule has 0 spiro atoms. The molecule has 0 saturated heterocycles. The van der Waals surface area contributed by atoms with Gasteiger partial charge in [0.2, 0.25) is 0 Å². The van der Waals surface area contributed by atoms with Gasteiger partial charge in [-0.25, -0.2) is 9.97 Å². The molecular weight excluding hydrogens is 326 g/mol. The summed E-state index contributed by atoms with van der Waals surface area (Å²) in [7, 11) is 0. The molecule has 3 aromatic heterocycles. The number of anilines is 1. The summed E-state index contributed by atoms with van der Waals surface area (Å²) in [6.45, 7) is 3.84. The van der Waals surface area contributed by atoms with E-state index in [1.165, 1.54) is 5.56 Å². The molecule has 0 fully saturated rings. The van der Waals surface area contributed by atoms with E-state index in [-0.39, 0.29) is 6.04 Å². The Bertz CT molecular complexity index is 868. The first-order valence-corrected chi connectivity index (χ1v) is 8.82. The van der Waals surface area contributed by atoms with E-state index in [4.69, 9.17) is 9.97 Å². The van der Waals surface area contributed by atoms with Crippen LogP contribution in [0.5, 0.6) is 0 Å². The van der Waals surface area contributed by atoms with Gasteiger partial charge in [0.1, 0.15) is 5.82 Å². The molecule has 0 bridgehead atoms. The molecule has 0 amide bonds. The quantitative estimate of drug-likeness (QED) is 0.730. The van der Waals surface area contributed by atoms with E-state index in [0.717, 1.165) is 54.5 Å². The zero-order valence-corrected chi connectivity index (χ0v) is 14.7. The molecule has 4 rings (SSSR count). The maximum atomic E-state index is 4.82. The van der Waals surface area contributed by atoms with Crippen molar-refractivity contribution in [3.05, 3.63) is 60.1 Å². The number of hydrogen-bond acceptors (Lipinski definition) is 7. The third-order valence-electron chi connectivity index (χ3n) is 4.39. The molecule has 1 atom stereocenters. The van der Waals surface area contributed by atoms with Gasteiger partial charge in [0, 0.05) is 61.1 Å². The number of hydrogen-bond donors (Lipinski definition) is 2. The summed E-state index contributed by atoms with van der Waals surface area (Å²) in [6, 6.07) is 4.06. The Morgan fingerprint density at radius 1 is 1.12 bits per heavy atom. The highest BCUT2D eigenvalue weighted by molar-refractivity contribution is 5.60. The molecule has 1 aliphatic rings. The lowest BCUT2D eigenvalue weighted by Crippen LogP contribution is -2.28. The van der Waals surface area contributed by atoms with Crippen LogP contribution in [0.3, 0.4) is 0 Å². The third-order valence-corrected chi connectivity index (χ3v) is 4.39. The van der Waals surface area contributed by atoms with Crippen LogP contribution >= 0.6 is 0 Å². The number of pyridine rings is 1. The molecule has 26 heavy (non-hydrogen) atoms. The Balaban J connectivity index is 1.63. The second-order valence-corrected chi connectivity index (χ2v) is 6.43. The van der Waals surface area contributed by atoms with Crippen LogP contribution in [-0.2, 0) is 19.4 Å². The fourth-order valence-corrected chi connectivity index (χ4v) is 3.14. The molecule has 4 heterocycles. The predicted molar refractivity (Wildman–Crippen MR) is 99.5 cm³/mol. The first-order valence-electron chi connectivity index (χ1n) is 8.82. The van der Waals surface area contributed by atoms with Crippen molar-refractivity contribution in [2.75, 3.05) is 11.9 Å². The number of fused-ring (bicyclic) bond motifs is 1. The van der Waals surface area contributed by atoms with Crippen molar-refractivity contribution in [2.24, 2.45) is 0 Å². The second-order valence-electron chi connectivity index (χ2n) is 6.43. The molecule has 1 unspecified atom stereocenters. The fraction of sp³-hybridized carbons (Fsp3) is 0.316. The summed E-state index contributed by atoms with van der Waals surface area (Å²) >= 11 is 0. The third kappa shape index (κ3) is 3.67. The van der Waals surface area contributed by atoms with Crippen LogP contribution in [0.2, 0.25) is 0 Å². The standard InChI is InChI=1S/C19H21N7/c1-13(10-15-11-22-8-9-23-15)24-19-16-4-7-21-12-17(16)25-18(26-19)14-2-5-20-6-3-14/h2-3,5-6,8-9,11,13,21H,4,7,10,12H2,1H3,(H,24,25,26). The molecule has 0 saturated carbocycles. The predicted octanol–water partition coefficient (Wildman–Crippen LogP) is 2.02. The number of nitrogens with one attached hydrogen (secondary N) is 2. The minimum atomic E-state index is 0.186. The van der Waals surface area contributed by atoms with Crippen molar-refractivity contribution >= 4 is 5.82 Å². The lowest BCUT2D eigenvalue weighted by molar-refractivity contribution is 0.623. The van der Waals surface area contributed by atoms with Crippen LogP contribution < -0.4 is 10.6 Å². The molecule has 0 aromatic carbocycles. The average Bonchev–Trinajstić information content (AvgIpc) is 2.69. The largest absolute Gasteiger partial charge is 0.367 e. The zero-order valence-electron chi connectivity index (χ0n) is 14.7. The maximum absolute atomic E-state index is 4.82. The molecular formula is C19H21N7. The van der Waals surface area contributed by atoms with E-state index in [0.29, 0.717) is 0 Å². The lowest BCUT2D eigenvalue weighted by Gasteiger charge is -2.23. The van der Waals surface area contributed by atoms with Crippen molar-refractivity contribution in [2.45, 2.75) is 32.4 Å². The van der Waals surface area contributed by atoms with Gasteiger partial charge in [0.05, 0.1) is 11.4 Å². The minimum absolute atomic E-state index is 0.186. The van der Waals surface area contributed by atoms with Gasteiger partial charge in [-0.15, -0.1) is 0 Å². The van der Waals surface area contributed by atoms with Gasteiger partial charge in [-0.2, -0.15) is 0 Å². The van der Waals surface area contributed by atoms with E-state index in [1.54, 1.807) is 31.0 Å². The Kier molecular flexibility index (Phi) is 4.79. The van der Waals surface area contributed by atoms with Gasteiger partial charge in [0.25, 0.3) is 0 Å². The van der Waals surface area contributed by atoms with E-state index in [9.17, 15) is 0 Å². The van der Waals surface area contributed by atoms with Gasteiger partial charge in [-0.3, -0.25) is 15.0 Å². The molecule has 132 valence electrons. The fourth-order valence-electron chi connectivity index (χ4n) is 3.14. The van der Waals surface area contributed by atoms with Crippen LogP contribution in [0.1, 0.15) is 23.9 Å². The Morgan fingerprint density at radius 2 is 2.00 bits per heavy atom. The summed E-state index contributed by atoms with van der Waals surface area (Å²) in [5, 5.41) is 6.96. The maximum Gasteiger partial charge on any atom is 0.161 e. The Hall–Kier alpha value is -2.93. The van der Waals surface area contributed by atoms with Crippen LogP contribution in [0.15, 0.2) is 43.1 Å². The summed E-state index contributed by atoms with van der Waals surface area (Å²) in [5.41, 5.74) is 4.20. The van der Waals surface area contributed by atoms with Crippen LogP contribution in [0.4, 0.5) is 5.82 Å². The van der Waals surface area contributed by atoms with Gasteiger partial charge in [-0.1, -0.05) is 0 Å². The summed E-state index contributed by atoms with van der Waals surface area (Å²) < 4.78 is 0. The Labute approximate surface area is 152 Å². The normalized spacial score (nSPS) is 14.5. The van der Waals surface area contributed by atoms with Gasteiger partial charge in [0.15, 0.2) is 5.82 Å². The van der Waals surface area contributed by atoms with Gasteiger partial charge in [-0.05, 0) is 32.0 Å². The highest BCUT2D eigenvalue weighted by atomic mass is 15.1. The molecule has 7 nitrogen and oxygen atoms in total. The number of aromatic nitrogens is 5. The van der Waals surface area contributed by atoms with Crippen LogP contribution in [-0.4, -0.2) is 37.5 Å². The van der Waals surface area contributed by atoms with Gasteiger partial charge >= 0.3 is 0 Å². The van der Waals surface area contributed by atoms with Crippen molar-refractivity contribution < 1.29 is 0 Å². The topological polar surface area (TPSA) is 88.5 Å². The molecule has 2 N–H and O–H groups in total. The lowest BCUT2D eigenvalue weighted by atomic mass is 10.1. The highest BCUT2D eigenvalue weighted by Gasteiger charge is 2.19. The van der Waals surface area contributed by atoms with E-state index < -0.39 is 0 Å². The van der Waals surface area contributed by atoms with E-state index in [1.807, 2.05) is 12.1 Å². The summed E-state index contributed by atoms with van der Waals surface area (Å²) in [5.74, 6) is 1.64. The number of nitrogens with zero attached hydrogens (tertiary/aromatic N) is 5. The van der Waals surface area contributed by atoms with Crippen molar-refractivity contribution in [1.82, 2.24) is 30.2 Å². The van der Waals surface area contributed by atoms with Gasteiger partial charge < -0.3 is 10.6 Å². The Morgan fingerprint density at radius 3 is 2.81 bits per heavy atom. The van der Waals surface area contributed by atoms with E-state index >= 15 is 0 Å². The molecule has 0 aliphatic carbocycles. The first kappa shape index (κ1) is 16.5. The van der Waals surface area contributed by atoms with Crippen molar-refractivity contribution in [3.63, 3.8) is 0 Å². The van der Waals surface area contributed by atoms with Crippen molar-refractivity contribution in [1.29, 1.82) is 0 Å². The molecule has 3 aromatic rings. The van der Waals surface area contributed by atoms with Crippen LogP contribution in [0.25, 0.3) is 11.4 Å². The molecule has 0 radical (unpaired) electrons. The molecule has 1 aliphatic heterocycles. The zero-order chi connectivity index (χ0) is 17.8. The average molecular weight is 347 g/mol. The minimum Gasteiger partial charge on any atom is -0.367 e. The van der Waals surface area contributed by atoms with Crippen LogP contribution in [0, 0.1) is 0 Å². The molecule has 7 heteroatoms. The smallest absolute Gasteiger partial charge is 0.161 e. The second kappa shape index (κ2) is 7.53. The van der Waals surface area contributed by atoms with Crippen molar-refractivity contribution in [3.8, 4) is 11.4 Å². The van der Waals surface area contributed by atoms with E-state index in [2.05, 4.69) is 32.5 Å². The SMILES string of the molecule is CC(Cc1cnccn1)Nc1nc(-c2ccncc2)nc2c1CCNC2. The highest BCUT2D eigenvalue weighted by Crippen LogP contribution is 2.25. The first-order chi connectivity index (χ1) is 12.8. The monoisotopic (exact) mass is 347 g/mol. The summed E-state index contributed by atoms with van der Waals surface area (Å²) in [6.07, 6.45) is 10.5. The number of rotatable bonds is 5. The summed E-state index contributed by atoms with van der Waals surface area (Å²) in [4.78, 5) is 22.2.